The Bertz CT molecular complexity index is 151. The molecule has 70 valence electrons. The van der Waals surface area contributed by atoms with E-state index in [0.29, 0.717) is 5.54 Å². The van der Waals surface area contributed by atoms with E-state index in [9.17, 15) is 0 Å². The lowest BCUT2D eigenvalue weighted by Crippen LogP contribution is -2.46. The molecule has 1 heteroatoms. The van der Waals surface area contributed by atoms with Gasteiger partial charge in [0.15, 0.2) is 0 Å². The molecule has 1 unspecified atom stereocenters. The van der Waals surface area contributed by atoms with E-state index in [2.05, 4.69) is 11.8 Å². The SMILES string of the molecule is CCCC12CCCCN1CCC2. The summed E-state index contributed by atoms with van der Waals surface area (Å²) in [5, 5.41) is 0. The number of piperidine rings is 1. The van der Waals surface area contributed by atoms with Crippen LogP contribution in [0, 0.1) is 0 Å². The Kier molecular flexibility index (Phi) is 2.40. The largest absolute Gasteiger partial charge is 0.298 e. The summed E-state index contributed by atoms with van der Waals surface area (Å²) in [7, 11) is 0. The molecular formula is C11H21N. The van der Waals surface area contributed by atoms with Gasteiger partial charge in [-0.3, -0.25) is 4.90 Å². The Morgan fingerprint density at radius 2 is 1.83 bits per heavy atom. The smallest absolute Gasteiger partial charge is 0.0210 e. The van der Waals surface area contributed by atoms with Crippen LogP contribution in [0.25, 0.3) is 0 Å². The molecule has 0 aromatic heterocycles. The number of fused-ring (bicyclic) bond motifs is 1. The third-order valence-electron chi connectivity index (χ3n) is 3.78. The van der Waals surface area contributed by atoms with Gasteiger partial charge in [-0.2, -0.15) is 0 Å². The number of rotatable bonds is 2. The van der Waals surface area contributed by atoms with Crippen molar-refractivity contribution in [2.24, 2.45) is 0 Å². The second kappa shape index (κ2) is 3.37. The van der Waals surface area contributed by atoms with Gasteiger partial charge in [-0.1, -0.05) is 19.8 Å². The standard InChI is InChI=1S/C11H21N/c1-2-6-11-7-3-4-9-12(11)10-5-8-11/h2-10H2,1H3. The van der Waals surface area contributed by atoms with Crippen molar-refractivity contribution in [3.05, 3.63) is 0 Å². The van der Waals surface area contributed by atoms with Gasteiger partial charge in [0.05, 0.1) is 0 Å². The molecule has 12 heavy (non-hydrogen) atoms. The minimum absolute atomic E-state index is 0.674. The van der Waals surface area contributed by atoms with Crippen LogP contribution in [0.3, 0.4) is 0 Å². The maximum Gasteiger partial charge on any atom is 0.0210 e. The summed E-state index contributed by atoms with van der Waals surface area (Å²) in [5.41, 5.74) is 0.674. The van der Waals surface area contributed by atoms with Crippen molar-refractivity contribution < 1.29 is 0 Å². The van der Waals surface area contributed by atoms with Gasteiger partial charge in [-0.15, -0.1) is 0 Å². The zero-order valence-corrected chi connectivity index (χ0v) is 8.31. The van der Waals surface area contributed by atoms with Gasteiger partial charge < -0.3 is 0 Å². The first-order valence-corrected chi connectivity index (χ1v) is 5.62. The molecule has 0 saturated carbocycles. The van der Waals surface area contributed by atoms with Crippen molar-refractivity contribution in [1.29, 1.82) is 0 Å². The molecule has 1 atom stereocenters. The summed E-state index contributed by atoms with van der Waals surface area (Å²) in [5.74, 6) is 0. The molecule has 0 aromatic rings. The Morgan fingerprint density at radius 1 is 1.08 bits per heavy atom. The molecule has 1 nitrogen and oxygen atoms in total. The van der Waals surface area contributed by atoms with E-state index in [1.165, 1.54) is 58.0 Å². The van der Waals surface area contributed by atoms with Crippen molar-refractivity contribution in [3.63, 3.8) is 0 Å². The quantitative estimate of drug-likeness (QED) is 0.611. The van der Waals surface area contributed by atoms with E-state index in [-0.39, 0.29) is 0 Å². The van der Waals surface area contributed by atoms with Crippen molar-refractivity contribution in [1.82, 2.24) is 4.90 Å². The van der Waals surface area contributed by atoms with Crippen LogP contribution in [0.2, 0.25) is 0 Å². The van der Waals surface area contributed by atoms with E-state index < -0.39 is 0 Å². The Labute approximate surface area is 76.1 Å². The van der Waals surface area contributed by atoms with Gasteiger partial charge in [0.2, 0.25) is 0 Å². The summed E-state index contributed by atoms with van der Waals surface area (Å²) in [4.78, 5) is 2.78. The van der Waals surface area contributed by atoms with Crippen LogP contribution < -0.4 is 0 Å². The van der Waals surface area contributed by atoms with E-state index in [0.717, 1.165) is 0 Å². The molecule has 2 aliphatic heterocycles. The predicted molar refractivity (Wildman–Crippen MR) is 52.3 cm³/mol. The molecule has 0 radical (unpaired) electrons. The highest BCUT2D eigenvalue weighted by atomic mass is 15.2. The third-order valence-corrected chi connectivity index (χ3v) is 3.78. The molecule has 2 rings (SSSR count). The molecule has 2 heterocycles. The molecule has 2 aliphatic rings. The first-order valence-electron chi connectivity index (χ1n) is 5.62. The zero-order valence-electron chi connectivity index (χ0n) is 8.31. The molecule has 0 N–H and O–H groups in total. The highest BCUT2D eigenvalue weighted by Crippen LogP contribution is 2.40. The average molecular weight is 167 g/mol. The van der Waals surface area contributed by atoms with Crippen molar-refractivity contribution in [2.45, 2.75) is 57.4 Å². The molecule has 2 fully saturated rings. The van der Waals surface area contributed by atoms with Crippen LogP contribution in [0.1, 0.15) is 51.9 Å². The van der Waals surface area contributed by atoms with E-state index in [1.807, 2.05) is 0 Å². The van der Waals surface area contributed by atoms with Gasteiger partial charge in [0.1, 0.15) is 0 Å². The highest BCUT2D eigenvalue weighted by Gasteiger charge is 2.40. The molecular weight excluding hydrogens is 146 g/mol. The second-order valence-electron chi connectivity index (χ2n) is 4.52. The van der Waals surface area contributed by atoms with E-state index in [4.69, 9.17) is 0 Å². The van der Waals surface area contributed by atoms with Gasteiger partial charge >= 0.3 is 0 Å². The topological polar surface area (TPSA) is 3.24 Å². The van der Waals surface area contributed by atoms with Crippen LogP contribution in [-0.4, -0.2) is 23.5 Å². The summed E-state index contributed by atoms with van der Waals surface area (Å²) in [6, 6.07) is 0. The minimum atomic E-state index is 0.674. The van der Waals surface area contributed by atoms with Crippen LogP contribution in [-0.2, 0) is 0 Å². The van der Waals surface area contributed by atoms with Crippen molar-refractivity contribution in [2.75, 3.05) is 13.1 Å². The van der Waals surface area contributed by atoms with E-state index >= 15 is 0 Å². The van der Waals surface area contributed by atoms with Crippen LogP contribution in [0.5, 0.6) is 0 Å². The zero-order chi connectivity index (χ0) is 8.44. The summed E-state index contributed by atoms with van der Waals surface area (Å²) >= 11 is 0. The van der Waals surface area contributed by atoms with Crippen LogP contribution >= 0.6 is 0 Å². The lowest BCUT2D eigenvalue weighted by atomic mass is 9.83. The second-order valence-corrected chi connectivity index (χ2v) is 4.52. The first kappa shape index (κ1) is 8.55. The number of hydrogen-bond acceptors (Lipinski definition) is 1. The maximum atomic E-state index is 2.78. The fourth-order valence-electron chi connectivity index (χ4n) is 3.26. The molecule has 0 amide bonds. The Morgan fingerprint density at radius 3 is 2.67 bits per heavy atom. The van der Waals surface area contributed by atoms with Crippen LogP contribution in [0.4, 0.5) is 0 Å². The number of hydrogen-bond donors (Lipinski definition) is 0. The molecule has 0 aromatic carbocycles. The fourth-order valence-corrected chi connectivity index (χ4v) is 3.26. The lowest BCUT2D eigenvalue weighted by Gasteiger charge is -2.42. The molecule has 2 saturated heterocycles. The van der Waals surface area contributed by atoms with Gasteiger partial charge in [-0.05, 0) is 45.2 Å². The van der Waals surface area contributed by atoms with Gasteiger partial charge in [-0.25, -0.2) is 0 Å². The Hall–Kier alpha value is -0.0400. The molecule has 0 aliphatic carbocycles. The normalized spacial score (nSPS) is 36.8. The fraction of sp³-hybridized carbons (Fsp3) is 1.00. The number of nitrogens with zero attached hydrogens (tertiary/aromatic N) is 1. The minimum Gasteiger partial charge on any atom is -0.298 e. The average Bonchev–Trinajstić information content (AvgIpc) is 2.48. The van der Waals surface area contributed by atoms with Crippen LogP contribution in [0.15, 0.2) is 0 Å². The van der Waals surface area contributed by atoms with Gasteiger partial charge in [0, 0.05) is 5.54 Å². The first-order chi connectivity index (χ1) is 5.87. The lowest BCUT2D eigenvalue weighted by molar-refractivity contribution is 0.0808. The highest BCUT2D eigenvalue weighted by molar-refractivity contribution is 4.97. The molecule has 0 spiro atoms. The monoisotopic (exact) mass is 167 g/mol. The van der Waals surface area contributed by atoms with Crippen molar-refractivity contribution in [3.8, 4) is 0 Å². The summed E-state index contributed by atoms with van der Waals surface area (Å²) in [6.07, 6.45) is 10.2. The van der Waals surface area contributed by atoms with Crippen molar-refractivity contribution >= 4 is 0 Å². The third kappa shape index (κ3) is 1.28. The van der Waals surface area contributed by atoms with E-state index in [1.54, 1.807) is 0 Å². The predicted octanol–water partition coefficient (Wildman–Crippen LogP) is 2.81. The summed E-state index contributed by atoms with van der Waals surface area (Å²) in [6.45, 7) is 5.11. The molecule has 0 bridgehead atoms. The summed E-state index contributed by atoms with van der Waals surface area (Å²) < 4.78 is 0. The Balaban J connectivity index is 2.06. The van der Waals surface area contributed by atoms with Gasteiger partial charge in [0.25, 0.3) is 0 Å². The maximum absolute atomic E-state index is 2.78.